The molecule has 7 aliphatic rings. The van der Waals surface area contributed by atoms with E-state index in [0.29, 0.717) is 22.4 Å². The number of benzene rings is 20. The number of hydrogen-bond acceptors (Lipinski definition) is 3. The van der Waals surface area contributed by atoms with E-state index in [-0.39, 0.29) is 61.3 Å². The summed E-state index contributed by atoms with van der Waals surface area (Å²) in [5.74, 6) is 0. The highest BCUT2D eigenvalue weighted by molar-refractivity contribution is 6.27. The zero-order valence-corrected chi connectivity index (χ0v) is 80.4. The molecular weight excluding hydrogens is 1720 g/mol. The topological polar surface area (TPSA) is 9.72 Å². The monoisotopic (exact) mass is 1860 g/mol. The van der Waals surface area contributed by atoms with Crippen molar-refractivity contribution in [1.82, 2.24) is 0 Å². The first-order chi connectivity index (χ1) is 78.8. The number of rotatable bonds is 12. The van der Waals surface area contributed by atoms with Crippen molar-refractivity contribution in [2.75, 3.05) is 14.7 Å². The average Bonchev–Trinajstić information content (AvgIpc) is 1.49. The van der Waals surface area contributed by atoms with Crippen molar-refractivity contribution in [3.8, 4) is 77.9 Å². The fraction of sp³-hybridized carbons (Fsp3) is 0.114. The van der Waals surface area contributed by atoms with Gasteiger partial charge in [0.2, 0.25) is 0 Å². The first-order valence-electron chi connectivity index (χ1n) is 59.8. The molecule has 0 aromatic heterocycles. The van der Waals surface area contributed by atoms with E-state index in [1.54, 1.807) is 36.4 Å². The molecular formula is C140H111N3. The second-order valence-electron chi connectivity index (χ2n) is 39.6. The van der Waals surface area contributed by atoms with Gasteiger partial charge in [-0.15, -0.1) is 0 Å². The Labute approximate surface area is 872 Å². The summed E-state index contributed by atoms with van der Waals surface area (Å²) in [4.78, 5) is 5.15. The van der Waals surface area contributed by atoms with Crippen LogP contribution in [0.3, 0.4) is 0 Å². The molecule has 0 bridgehead atoms. The number of para-hydroxylation sites is 2. The van der Waals surface area contributed by atoms with E-state index in [4.69, 9.17) is 13.7 Å². The van der Waals surface area contributed by atoms with Crippen LogP contribution in [0.1, 0.15) is 202 Å². The van der Waals surface area contributed by atoms with Gasteiger partial charge >= 0.3 is 0 Å². The maximum atomic E-state index is 9.21. The normalized spacial score (nSPS) is 17.6. The third-order valence-corrected chi connectivity index (χ3v) is 30.2. The number of nitrogens with zero attached hydrogens (tertiary/aromatic N) is 3. The van der Waals surface area contributed by atoms with E-state index in [0.717, 1.165) is 72.6 Å². The van der Waals surface area contributed by atoms with Gasteiger partial charge in [-0.05, 0) is 368 Å². The summed E-state index contributed by atoms with van der Waals surface area (Å²) in [6.45, 7) is 3.93. The Balaban J connectivity index is 0.000000127. The molecule has 143 heavy (non-hydrogen) atoms. The lowest BCUT2D eigenvalue weighted by atomic mass is 9.79. The minimum Gasteiger partial charge on any atom is -0.310 e. The van der Waals surface area contributed by atoms with Crippen molar-refractivity contribution in [2.24, 2.45) is 0 Å². The minimum absolute atomic E-state index is 0.0127. The van der Waals surface area contributed by atoms with E-state index in [2.05, 4.69) is 246 Å². The number of aryl methyl sites for hydroxylation is 4. The Hall–Kier alpha value is -16.7. The lowest BCUT2D eigenvalue weighted by molar-refractivity contribution is 0.652. The summed E-state index contributed by atoms with van der Waals surface area (Å²) in [5.41, 5.74) is 34.9. The average molecular weight is 1860 g/mol. The molecule has 0 heterocycles. The molecule has 0 unspecified atom stereocenters. The lowest BCUT2D eigenvalue weighted by Gasteiger charge is -2.29. The van der Waals surface area contributed by atoms with Gasteiger partial charge in [0.15, 0.2) is 0 Å². The summed E-state index contributed by atoms with van der Waals surface area (Å²) in [6, 6.07) is 121. The smallest absolute Gasteiger partial charge is 0.0645 e. The molecule has 20 aromatic carbocycles. The molecule has 0 saturated carbocycles. The van der Waals surface area contributed by atoms with E-state index < -0.39 is 104 Å². The SMILES string of the molecule is C(=C1/c2ccccc2-c2c1c1c(c3c2/C(=C/c2ccccc2)c2ccccc2-3)/C(=C/c2ccccc2)c2ccccc2-1)/c1ccccc1.[2H]C([2H])([2H])C1(C([2H])([2H])[2H])c2cc(N(c3ccc(C)cc3)c3ccc(C)cc3)ccc2-c2cc3c(cc21)-c1ccc(N(c2ccc(C)cc2)c2ccc(C)cc2)cc1C3(C([2H])([2H])[2H])C([2H])([2H])[2H].[2H]c1c([2H])c([2H])c(N(c2c([2H])c([2H])c([2H])c([2H])c2[2H])c2cc3c(c4ccccc24)-c2cc4c(cc2C3(C)C)-c2ccccc2C4(C)C)c([2H])c1[2H]. The summed E-state index contributed by atoms with van der Waals surface area (Å²) < 4.78 is 197. The summed E-state index contributed by atoms with van der Waals surface area (Å²) in [5, 5.41) is 1.45. The van der Waals surface area contributed by atoms with Crippen LogP contribution in [-0.4, -0.2) is 0 Å². The molecule has 0 spiro atoms. The van der Waals surface area contributed by atoms with Gasteiger partial charge in [-0.25, -0.2) is 0 Å². The third kappa shape index (κ3) is 14.3. The standard InChI is InChI=1S/C52H48N2.C48H30.C40H33N/c1-33-9-17-37(18-10-33)53(38-19-11-34(2)12-20-38)41-25-27-43-45-31-50-46(32-49(45)51(5,6)47(43)29-41)44-28-26-42(30-48(44)52(50,7)8)54(39-21-13-35(3)14-22-39)40-23-15-36(4)16-24-40;1-4-16-31(17-5-1)28-40-34-22-10-13-25-37(34)43-46(40)44-38-26-14-11-23-35(38)41(29-32-18-6-2-7-19-32)48(44)45-39-27-15-12-24-36(39)42(47(43)45)30-33-20-8-3-9-21-33;1-39(2)33-22-14-13-19-28(33)31-23-35-32(24-34(31)39)38-30-21-12-11-20-29(30)37(25-36(38)40(35,3)4)41(26-15-7-5-8-16-26)27-17-9-6-10-18-27/h9-32H,1-8H3;1-30H;5-25H,1-4H3/b;40-28+,41-29+,42-30+;/i5D3,6D3,7D3,8D3;;5D,6D,7D,8D,9D,10D,15D,16D,17D,18D. The van der Waals surface area contributed by atoms with Crippen molar-refractivity contribution < 1.29 is 30.2 Å². The predicted molar refractivity (Wildman–Crippen MR) is 607 cm³/mol. The Morgan fingerprint density at radius 1 is 0.203 bits per heavy atom. The highest BCUT2D eigenvalue weighted by atomic mass is 15.2. The summed E-state index contributed by atoms with van der Waals surface area (Å²) in [7, 11) is 0. The second-order valence-corrected chi connectivity index (χ2v) is 39.6. The summed E-state index contributed by atoms with van der Waals surface area (Å²) >= 11 is 0. The van der Waals surface area contributed by atoms with Crippen LogP contribution in [0.5, 0.6) is 0 Å². The van der Waals surface area contributed by atoms with Crippen LogP contribution in [-0.2, 0) is 21.7 Å². The molecule has 3 nitrogen and oxygen atoms in total. The zero-order valence-electron chi connectivity index (χ0n) is 102. The van der Waals surface area contributed by atoms with E-state index in [1.807, 2.05) is 165 Å². The Morgan fingerprint density at radius 2 is 0.490 bits per heavy atom. The van der Waals surface area contributed by atoms with Crippen LogP contribution in [0.15, 0.2) is 437 Å². The maximum absolute atomic E-state index is 9.21. The van der Waals surface area contributed by atoms with Gasteiger partial charge in [0.1, 0.15) is 0 Å². The Bertz CT molecular complexity index is 9090. The fourth-order valence-electron chi connectivity index (χ4n) is 23.2. The van der Waals surface area contributed by atoms with E-state index >= 15 is 0 Å². The summed E-state index contributed by atoms with van der Waals surface area (Å²) in [6.07, 6.45) is 7.21. The number of anilines is 9. The minimum atomic E-state index is -3.18. The van der Waals surface area contributed by atoms with Crippen LogP contribution in [0, 0.1) is 27.7 Å². The van der Waals surface area contributed by atoms with E-state index in [9.17, 15) is 16.4 Å². The third-order valence-electron chi connectivity index (χ3n) is 30.2. The first-order valence-corrected chi connectivity index (χ1v) is 48.8. The number of fused-ring (bicyclic) bond motifs is 26. The van der Waals surface area contributed by atoms with Gasteiger partial charge < -0.3 is 14.7 Å². The lowest BCUT2D eigenvalue weighted by Crippen LogP contribution is -2.18. The quantitative estimate of drug-likeness (QED) is 0.121. The molecule has 27 rings (SSSR count). The predicted octanol–water partition coefficient (Wildman–Crippen LogP) is 37.8. The van der Waals surface area contributed by atoms with Gasteiger partial charge in [0.25, 0.3) is 0 Å². The van der Waals surface area contributed by atoms with Gasteiger partial charge in [-0.1, -0.05) is 387 Å². The molecule has 0 N–H and O–H groups in total. The molecule has 0 fully saturated rings. The molecule has 0 amide bonds. The molecule has 686 valence electrons. The van der Waals surface area contributed by atoms with Crippen LogP contribution < -0.4 is 14.7 Å². The maximum Gasteiger partial charge on any atom is 0.0645 e. The number of hydrogen-bond donors (Lipinski definition) is 0. The fourth-order valence-corrected chi connectivity index (χ4v) is 23.2. The molecule has 3 heteroatoms. The van der Waals surface area contributed by atoms with Crippen LogP contribution in [0.2, 0.25) is 0 Å². The van der Waals surface area contributed by atoms with Crippen LogP contribution in [0.25, 0.3) is 124 Å². The molecule has 7 aliphatic carbocycles. The first kappa shape index (κ1) is 66.8. The van der Waals surface area contributed by atoms with Crippen molar-refractivity contribution >= 4 is 96.9 Å². The Kier molecular flexibility index (Phi) is 15.9. The van der Waals surface area contributed by atoms with Crippen molar-refractivity contribution in [2.45, 2.75) is 104 Å². The van der Waals surface area contributed by atoms with Gasteiger partial charge in [0, 0.05) is 89.0 Å². The highest BCUT2D eigenvalue weighted by Gasteiger charge is 2.47. The van der Waals surface area contributed by atoms with Crippen molar-refractivity contribution in [3.63, 3.8) is 0 Å². The van der Waals surface area contributed by atoms with Gasteiger partial charge in [0.05, 0.1) is 19.4 Å². The van der Waals surface area contributed by atoms with Crippen molar-refractivity contribution in [3.05, 3.63) is 553 Å². The van der Waals surface area contributed by atoms with E-state index in [1.165, 1.54) is 139 Å². The molecule has 0 radical (unpaired) electrons. The molecule has 0 saturated heterocycles. The van der Waals surface area contributed by atoms with Crippen LogP contribution in [0.4, 0.5) is 51.2 Å². The molecule has 20 aromatic rings. The highest BCUT2D eigenvalue weighted by Crippen LogP contribution is 2.67. The molecule has 0 aliphatic heterocycles. The Morgan fingerprint density at radius 3 is 0.860 bits per heavy atom. The van der Waals surface area contributed by atoms with Crippen LogP contribution >= 0.6 is 0 Å². The molecule has 0 atom stereocenters. The zero-order chi connectivity index (χ0) is 116. The van der Waals surface area contributed by atoms with Crippen molar-refractivity contribution in [1.29, 1.82) is 0 Å². The van der Waals surface area contributed by atoms with Gasteiger partial charge in [-0.3, -0.25) is 0 Å². The largest absolute Gasteiger partial charge is 0.310 e. The van der Waals surface area contributed by atoms with Gasteiger partial charge in [-0.2, -0.15) is 0 Å². The second kappa shape index (κ2) is 34.1.